The van der Waals surface area contributed by atoms with Crippen LogP contribution >= 0.6 is 0 Å². The van der Waals surface area contributed by atoms with E-state index in [0.29, 0.717) is 12.5 Å². The molecule has 1 aromatic rings. The van der Waals surface area contributed by atoms with Gasteiger partial charge in [0.05, 0.1) is 0 Å². The van der Waals surface area contributed by atoms with Crippen molar-refractivity contribution >= 4 is 0 Å². The van der Waals surface area contributed by atoms with Crippen molar-refractivity contribution in [1.82, 2.24) is 9.24 Å². The van der Waals surface area contributed by atoms with Crippen molar-refractivity contribution in [3.8, 4) is 0 Å². The van der Waals surface area contributed by atoms with Gasteiger partial charge in [-0.25, -0.2) is 4.68 Å². The van der Waals surface area contributed by atoms with E-state index < -0.39 is 11.1 Å². The number of hydrogen-bond acceptors (Lipinski definition) is 3. The molecule has 1 aromatic heterocycles. The molecular weight excluding hydrogens is 206 g/mol. The number of aromatic nitrogens is 2. The third-order valence-corrected chi connectivity index (χ3v) is 3.15. The topological polar surface area (TPSA) is 47.2 Å². The highest BCUT2D eigenvalue weighted by atomic mass is 16.2. The normalized spacial score (nSPS) is 15.9. The predicted octanol–water partition coefficient (Wildman–Crippen LogP) is 0.00770. The predicted molar refractivity (Wildman–Crippen MR) is 62.4 cm³/mol. The van der Waals surface area contributed by atoms with E-state index in [0.717, 1.165) is 0 Å². The van der Waals surface area contributed by atoms with E-state index in [-0.39, 0.29) is 0 Å². The second-order valence-electron chi connectivity index (χ2n) is 4.55. The van der Waals surface area contributed by atoms with Gasteiger partial charge in [0.1, 0.15) is 0 Å². The Labute approximate surface area is 93.9 Å². The molecule has 1 fully saturated rings. The van der Waals surface area contributed by atoms with Crippen LogP contribution in [0.2, 0.25) is 0 Å². The summed E-state index contributed by atoms with van der Waals surface area (Å²) in [6.07, 6.45) is 6.92. The van der Waals surface area contributed by atoms with Crippen LogP contribution in [-0.2, 0) is 6.54 Å². The Balaban J connectivity index is 2.31. The summed E-state index contributed by atoms with van der Waals surface area (Å²) in [6.45, 7) is 0.683. The van der Waals surface area contributed by atoms with E-state index >= 15 is 0 Å². The van der Waals surface area contributed by atoms with E-state index in [1.165, 1.54) is 28.5 Å². The molecule has 0 saturated heterocycles. The molecule has 1 aliphatic carbocycles. The quantitative estimate of drug-likeness (QED) is 0.678. The Morgan fingerprint density at radius 1 is 1.25 bits per heavy atom. The van der Waals surface area contributed by atoms with E-state index in [9.17, 15) is 9.59 Å². The summed E-state index contributed by atoms with van der Waals surface area (Å²) in [5.41, 5.74) is -0.907. The number of nitrogens with zero attached hydrogens (tertiary/aromatic N) is 3. The minimum absolute atomic E-state index is 0.428. The highest BCUT2D eigenvalue weighted by Crippen LogP contribution is 2.27. The van der Waals surface area contributed by atoms with Gasteiger partial charge in [0.2, 0.25) is 0 Å². The van der Waals surface area contributed by atoms with Gasteiger partial charge in [-0.05, 0) is 18.8 Å². The second kappa shape index (κ2) is 4.15. The molecule has 16 heavy (non-hydrogen) atoms. The minimum atomic E-state index is -0.480. The summed E-state index contributed by atoms with van der Waals surface area (Å²) < 4.78 is 2.85. The fourth-order valence-electron chi connectivity index (χ4n) is 1.91. The molecule has 0 unspecified atom stereocenters. The molecule has 5 nitrogen and oxygen atoms in total. The monoisotopic (exact) mass is 223 g/mol. The molecule has 5 heteroatoms. The molecule has 0 spiro atoms. The first-order valence-electron chi connectivity index (χ1n) is 5.59. The number of hydrogen-bond donors (Lipinski definition) is 0. The van der Waals surface area contributed by atoms with Gasteiger partial charge in [-0.1, -0.05) is 6.42 Å². The lowest BCUT2D eigenvalue weighted by molar-refractivity contribution is 0.272. The second-order valence-corrected chi connectivity index (χ2v) is 4.55. The van der Waals surface area contributed by atoms with Crippen molar-refractivity contribution in [1.29, 1.82) is 0 Å². The first-order chi connectivity index (χ1) is 7.59. The smallest absolute Gasteiger partial charge is 0.316 e. The standard InChI is InChI=1S/C11H17N3O2/c1-12(2)14-7-6-13(10(15)11(14)16)8-9-4-3-5-9/h6-7,9H,3-5,8H2,1-2H3. The molecule has 0 aliphatic heterocycles. The van der Waals surface area contributed by atoms with Crippen LogP contribution in [0.3, 0.4) is 0 Å². The maximum atomic E-state index is 11.8. The third-order valence-electron chi connectivity index (χ3n) is 3.15. The van der Waals surface area contributed by atoms with Gasteiger partial charge in [0, 0.05) is 33.0 Å². The van der Waals surface area contributed by atoms with E-state index in [2.05, 4.69) is 0 Å². The lowest BCUT2D eigenvalue weighted by Gasteiger charge is -2.26. The van der Waals surface area contributed by atoms with Crippen molar-refractivity contribution in [2.45, 2.75) is 25.8 Å². The third kappa shape index (κ3) is 1.89. The van der Waals surface area contributed by atoms with Crippen LogP contribution in [-0.4, -0.2) is 23.3 Å². The average molecular weight is 223 g/mol. The van der Waals surface area contributed by atoms with Gasteiger partial charge < -0.3 is 9.58 Å². The molecule has 0 radical (unpaired) electrons. The summed E-state index contributed by atoms with van der Waals surface area (Å²) in [5, 5.41) is 1.59. The molecule has 0 bridgehead atoms. The van der Waals surface area contributed by atoms with Gasteiger partial charge in [0.15, 0.2) is 0 Å². The van der Waals surface area contributed by atoms with Crippen molar-refractivity contribution in [2.24, 2.45) is 5.92 Å². The maximum Gasteiger partial charge on any atom is 0.334 e. The largest absolute Gasteiger partial charge is 0.334 e. The molecule has 0 amide bonds. The number of rotatable bonds is 3. The zero-order valence-corrected chi connectivity index (χ0v) is 9.72. The van der Waals surface area contributed by atoms with Crippen molar-refractivity contribution in [2.75, 3.05) is 19.1 Å². The van der Waals surface area contributed by atoms with Crippen LogP contribution in [0.5, 0.6) is 0 Å². The molecule has 0 N–H and O–H groups in total. The summed E-state index contributed by atoms with van der Waals surface area (Å²) >= 11 is 0. The summed E-state index contributed by atoms with van der Waals surface area (Å²) in [4.78, 5) is 23.5. The van der Waals surface area contributed by atoms with Gasteiger partial charge in [-0.2, -0.15) is 0 Å². The molecule has 0 aromatic carbocycles. The van der Waals surface area contributed by atoms with Crippen molar-refractivity contribution < 1.29 is 0 Å². The summed E-state index contributed by atoms with van der Waals surface area (Å²) in [7, 11) is 3.47. The first-order valence-corrected chi connectivity index (χ1v) is 5.59. The lowest BCUT2D eigenvalue weighted by atomic mass is 9.85. The molecule has 0 atom stereocenters. The Morgan fingerprint density at radius 2 is 1.94 bits per heavy atom. The van der Waals surface area contributed by atoms with E-state index in [1.807, 2.05) is 0 Å². The SMILES string of the molecule is CN(C)n1ccn(CC2CCC2)c(=O)c1=O. The summed E-state index contributed by atoms with van der Waals surface area (Å²) in [6, 6.07) is 0. The minimum Gasteiger partial charge on any atom is -0.316 e. The van der Waals surface area contributed by atoms with Crippen LogP contribution in [0.25, 0.3) is 0 Å². The van der Waals surface area contributed by atoms with Gasteiger partial charge in [-0.15, -0.1) is 0 Å². The Hall–Kier alpha value is -1.52. The Kier molecular flexibility index (Phi) is 2.85. The zero-order chi connectivity index (χ0) is 11.7. The average Bonchev–Trinajstić information content (AvgIpc) is 2.17. The Bertz CT molecular complexity index is 483. The zero-order valence-electron chi connectivity index (χ0n) is 9.72. The lowest BCUT2D eigenvalue weighted by Crippen LogP contribution is -2.47. The van der Waals surface area contributed by atoms with E-state index in [1.54, 1.807) is 31.5 Å². The summed E-state index contributed by atoms with van der Waals surface area (Å²) in [5.74, 6) is 0.576. The molecule has 1 aliphatic rings. The molecule has 88 valence electrons. The van der Waals surface area contributed by atoms with Gasteiger partial charge >= 0.3 is 11.1 Å². The van der Waals surface area contributed by atoms with Crippen LogP contribution in [0, 0.1) is 5.92 Å². The van der Waals surface area contributed by atoms with Crippen LogP contribution in [0.4, 0.5) is 0 Å². The van der Waals surface area contributed by atoms with Gasteiger partial charge in [-0.3, -0.25) is 9.59 Å². The van der Waals surface area contributed by atoms with Crippen molar-refractivity contribution in [3.05, 3.63) is 33.1 Å². The fraction of sp³-hybridized carbons (Fsp3) is 0.636. The molecule has 1 heterocycles. The van der Waals surface area contributed by atoms with E-state index in [4.69, 9.17) is 0 Å². The van der Waals surface area contributed by atoms with Crippen LogP contribution < -0.4 is 16.1 Å². The molecule has 2 rings (SSSR count). The van der Waals surface area contributed by atoms with Crippen molar-refractivity contribution in [3.63, 3.8) is 0 Å². The van der Waals surface area contributed by atoms with Crippen LogP contribution in [0.15, 0.2) is 22.0 Å². The first kappa shape index (κ1) is 11.0. The maximum absolute atomic E-state index is 11.8. The highest BCUT2D eigenvalue weighted by molar-refractivity contribution is 4.91. The fourth-order valence-corrected chi connectivity index (χ4v) is 1.91. The van der Waals surface area contributed by atoms with Crippen LogP contribution in [0.1, 0.15) is 19.3 Å². The highest BCUT2D eigenvalue weighted by Gasteiger charge is 2.19. The van der Waals surface area contributed by atoms with Gasteiger partial charge in [0.25, 0.3) is 0 Å². The molecular formula is C11H17N3O2. The molecule has 1 saturated carbocycles. The Morgan fingerprint density at radius 3 is 2.44 bits per heavy atom.